The molecule has 0 heterocycles. The number of phenols is 1. The zero-order valence-electron chi connectivity index (χ0n) is 23.4. The van der Waals surface area contributed by atoms with Crippen molar-refractivity contribution in [3.63, 3.8) is 0 Å². The predicted octanol–water partition coefficient (Wildman–Crippen LogP) is 9.95. The number of phenolic OH excluding ortho intramolecular Hbond substituents is 1. The van der Waals surface area contributed by atoms with Crippen LogP contribution < -0.4 is 0 Å². The fourth-order valence-electron chi connectivity index (χ4n) is 6.04. The van der Waals surface area contributed by atoms with Gasteiger partial charge in [0.05, 0.1) is 0 Å². The van der Waals surface area contributed by atoms with Gasteiger partial charge in [0.25, 0.3) is 0 Å². The van der Waals surface area contributed by atoms with Crippen LogP contribution in [0.4, 0.5) is 0 Å². The van der Waals surface area contributed by atoms with Gasteiger partial charge in [0.15, 0.2) is 0 Å². The number of hydrogen-bond donors (Lipinski definition) is 1. The minimum absolute atomic E-state index is 0. The molecule has 4 atom stereocenters. The molecule has 196 valence electrons. The van der Waals surface area contributed by atoms with E-state index in [9.17, 15) is 5.11 Å². The third-order valence-electron chi connectivity index (χ3n) is 7.66. The van der Waals surface area contributed by atoms with E-state index in [1.807, 2.05) is 0 Å². The average Bonchev–Trinajstić information content (AvgIpc) is 3.08. The van der Waals surface area contributed by atoms with Crippen LogP contribution in [0.1, 0.15) is 72.1 Å². The Morgan fingerprint density at radius 3 is 1.53 bits per heavy atom. The first-order valence-corrected chi connectivity index (χ1v) is 16.8. The summed E-state index contributed by atoms with van der Waals surface area (Å²) in [5.41, 5.74) is 5.90. The van der Waals surface area contributed by atoms with Gasteiger partial charge in [-0.2, -0.15) is 0 Å². The maximum absolute atomic E-state index is 11.7. The molecular weight excluding hydrogens is 519 g/mol. The first-order valence-electron chi connectivity index (χ1n) is 12.5. The molecule has 3 aliphatic carbocycles. The van der Waals surface area contributed by atoms with Crippen molar-refractivity contribution in [2.75, 3.05) is 0 Å². The predicted molar refractivity (Wildman–Crippen MR) is 156 cm³/mol. The number of benzene rings is 1. The van der Waals surface area contributed by atoms with Crippen LogP contribution in [0.3, 0.4) is 0 Å². The van der Waals surface area contributed by atoms with Gasteiger partial charge in [-0.15, -0.1) is 0 Å². The van der Waals surface area contributed by atoms with Crippen LogP contribution in [0.2, 0.25) is 0 Å². The van der Waals surface area contributed by atoms with Gasteiger partial charge in [0, 0.05) is 11.1 Å². The Hall–Kier alpha value is -0.986. The van der Waals surface area contributed by atoms with E-state index >= 15 is 0 Å². The molecule has 0 spiro atoms. The van der Waals surface area contributed by atoms with Crippen molar-refractivity contribution in [3.8, 4) is 5.75 Å². The van der Waals surface area contributed by atoms with Crippen LogP contribution in [0, 0.1) is 37.0 Å². The molecule has 4 heteroatoms. The molecule has 3 aliphatic rings. The summed E-state index contributed by atoms with van der Waals surface area (Å²) in [7, 11) is 9.78. The molecule has 1 saturated carbocycles. The van der Waals surface area contributed by atoms with E-state index in [1.165, 1.54) is 16.7 Å². The number of rotatable bonds is 2. The van der Waals surface area contributed by atoms with Gasteiger partial charge in [-0.1, -0.05) is 102 Å². The molecule has 0 amide bonds. The van der Waals surface area contributed by atoms with E-state index in [2.05, 4.69) is 116 Å². The molecule has 4 rings (SSSR count). The molecule has 36 heavy (non-hydrogen) atoms. The molecule has 0 saturated heterocycles. The second-order valence-electron chi connectivity index (χ2n) is 12.3. The summed E-state index contributed by atoms with van der Waals surface area (Å²) in [6.45, 7) is 17.8. The molecule has 0 aliphatic heterocycles. The fraction of sp³-hybridized carbons (Fsp3) is 0.469. The van der Waals surface area contributed by atoms with Crippen LogP contribution in [0.15, 0.2) is 66.3 Å². The zero-order chi connectivity index (χ0) is 26.1. The topological polar surface area (TPSA) is 20.2 Å². The van der Waals surface area contributed by atoms with Gasteiger partial charge < -0.3 is 12.5 Å². The first kappa shape index (κ1) is 31.2. The van der Waals surface area contributed by atoms with Crippen LogP contribution in [0.25, 0.3) is 5.57 Å². The average molecular weight is 562 g/mol. The second-order valence-corrected chi connectivity index (χ2v) is 14.9. The Morgan fingerprint density at radius 1 is 0.750 bits per heavy atom. The standard InChI is InChI=1S/C31H40O.CH3.2ClH.Ti/c1-19(2)27(25-17-20(30(3,4)5)18-26(29(25)32)31(6,7)8)28-23-15-11-9-13-21(23)22-14-10-12-16-24(22)28;;;;/h9-18,21-24,28,32H,1-8H3;1H3;2*1H;/q;-1;;;+2/p-2. The molecule has 1 nitrogen and oxygen atoms in total. The third kappa shape index (κ3) is 6.35. The van der Waals surface area contributed by atoms with Gasteiger partial charge >= 0.3 is 35.6 Å². The Labute approximate surface area is 237 Å². The van der Waals surface area contributed by atoms with Gasteiger partial charge in [-0.3, -0.25) is 0 Å². The summed E-state index contributed by atoms with van der Waals surface area (Å²) in [5.74, 6) is 2.74. The van der Waals surface area contributed by atoms with Crippen molar-refractivity contribution < 1.29 is 22.1 Å². The van der Waals surface area contributed by atoms with Crippen LogP contribution in [-0.4, -0.2) is 5.11 Å². The Balaban J connectivity index is 0.00000109. The Morgan fingerprint density at radius 2 is 1.17 bits per heavy atom. The molecule has 1 aromatic carbocycles. The van der Waals surface area contributed by atoms with Crippen molar-refractivity contribution in [1.29, 1.82) is 0 Å². The number of fused-ring (bicyclic) bond motifs is 3. The summed E-state index contributed by atoms with van der Waals surface area (Å²) >= 11 is -0.556. The molecular formula is C32H43Cl2OTi-. The summed E-state index contributed by atoms with van der Waals surface area (Å²) in [6, 6.07) is 4.51. The number of aromatic hydroxyl groups is 1. The number of halogens is 2. The zero-order valence-corrected chi connectivity index (χ0v) is 26.4. The molecule has 0 aromatic heterocycles. The Bertz CT molecular complexity index is 1040. The number of allylic oxidation sites excluding steroid dienone is 10. The normalized spacial score (nSPS) is 25.8. The van der Waals surface area contributed by atoms with Crippen LogP contribution in [0.5, 0.6) is 5.75 Å². The fourth-order valence-corrected chi connectivity index (χ4v) is 6.04. The third-order valence-corrected chi connectivity index (χ3v) is 7.66. The second kappa shape index (κ2) is 12.2. The van der Waals surface area contributed by atoms with Gasteiger partial charge in [0.1, 0.15) is 5.75 Å². The van der Waals surface area contributed by atoms with Crippen molar-refractivity contribution in [3.05, 3.63) is 90.4 Å². The first-order chi connectivity index (χ1) is 16.3. The van der Waals surface area contributed by atoms with E-state index in [-0.39, 0.29) is 18.3 Å². The summed E-state index contributed by atoms with van der Waals surface area (Å²) in [4.78, 5) is 0. The van der Waals surface area contributed by atoms with Gasteiger partial charge in [-0.05, 0) is 71.5 Å². The van der Waals surface area contributed by atoms with Crippen LogP contribution >= 0.6 is 18.6 Å². The monoisotopic (exact) mass is 561 g/mol. The van der Waals surface area contributed by atoms with Crippen LogP contribution in [-0.2, 0) is 27.9 Å². The van der Waals surface area contributed by atoms with Crippen molar-refractivity contribution in [1.82, 2.24) is 0 Å². The molecule has 0 bridgehead atoms. The van der Waals surface area contributed by atoms with E-state index in [0.717, 1.165) is 11.1 Å². The molecule has 0 radical (unpaired) electrons. The molecule has 4 unspecified atom stereocenters. The van der Waals surface area contributed by atoms with E-state index in [1.54, 1.807) is 0 Å². The van der Waals surface area contributed by atoms with Crippen molar-refractivity contribution in [2.45, 2.75) is 66.2 Å². The van der Waals surface area contributed by atoms with Gasteiger partial charge in [-0.25, -0.2) is 0 Å². The maximum atomic E-state index is 11.7. The Kier molecular flexibility index (Phi) is 10.6. The molecule has 1 fully saturated rings. The van der Waals surface area contributed by atoms with E-state index in [0.29, 0.717) is 35.3 Å². The summed E-state index contributed by atoms with van der Waals surface area (Å²) < 4.78 is 0. The van der Waals surface area contributed by atoms with E-state index < -0.39 is 17.0 Å². The minimum atomic E-state index is -0.556. The van der Waals surface area contributed by atoms with Crippen molar-refractivity contribution in [2.24, 2.45) is 29.6 Å². The van der Waals surface area contributed by atoms with E-state index in [4.69, 9.17) is 18.6 Å². The summed E-state index contributed by atoms with van der Waals surface area (Å²) in [6.07, 6.45) is 18.5. The summed E-state index contributed by atoms with van der Waals surface area (Å²) in [5, 5.41) is 11.7. The molecule has 1 aromatic rings. The van der Waals surface area contributed by atoms with Gasteiger partial charge in [0.2, 0.25) is 0 Å². The molecule has 1 N–H and O–H groups in total. The number of hydrogen-bond acceptors (Lipinski definition) is 1. The quantitative estimate of drug-likeness (QED) is 0.281. The SMILES string of the molecule is CC(C)=C(c1cc(C(C)(C)C)cc(C(C)(C)C)c1O)C1C2C=CC=CC2C2C=CC=CC21.[CH3-].[Cl][Ti][Cl]. The van der Waals surface area contributed by atoms with Crippen molar-refractivity contribution >= 4 is 24.2 Å².